The van der Waals surface area contributed by atoms with E-state index in [2.05, 4.69) is 5.32 Å². The van der Waals surface area contributed by atoms with Crippen molar-refractivity contribution in [2.24, 2.45) is 0 Å². The van der Waals surface area contributed by atoms with Gasteiger partial charge in [-0.3, -0.25) is 5.32 Å². The van der Waals surface area contributed by atoms with Gasteiger partial charge in [-0.05, 0) is 27.7 Å². The molecule has 4 heterocycles. The zero-order valence-electron chi connectivity index (χ0n) is 14.9. The normalized spacial score (nSPS) is 50.2. The van der Waals surface area contributed by atoms with E-state index in [-0.39, 0.29) is 37.6 Å². The van der Waals surface area contributed by atoms with Gasteiger partial charge in [-0.2, -0.15) is 0 Å². The van der Waals surface area contributed by atoms with E-state index >= 15 is 0 Å². The van der Waals surface area contributed by atoms with Crippen LogP contribution in [0.4, 0.5) is 0 Å². The van der Waals surface area contributed by atoms with Crippen LogP contribution in [0.25, 0.3) is 0 Å². The number of hydrogen-bond acceptors (Lipinski definition) is 9. The van der Waals surface area contributed by atoms with E-state index in [4.69, 9.17) is 28.4 Å². The topological polar surface area (TPSA) is 108 Å². The summed E-state index contributed by atoms with van der Waals surface area (Å²) >= 11 is 0. The van der Waals surface area contributed by atoms with E-state index in [1.807, 2.05) is 27.7 Å². The standard InChI is InChI=1S/C16H27NO8/c1-15(2)22-9-7(5-18)20-13(11(9)24-15)17-14-12-10(8(6-19)21-14)23-16(3,4)25-12/h7-14,17-19H,5-6H2,1-4H3/t7-,8+,9-,10+,11-,12+,13-,14-/m1/s1. The maximum absolute atomic E-state index is 9.56. The number of nitrogens with one attached hydrogen (secondary N) is 1. The average Bonchev–Trinajstić information content (AvgIpc) is 3.18. The number of ether oxygens (including phenoxy) is 6. The summed E-state index contributed by atoms with van der Waals surface area (Å²) in [6.45, 7) is 6.99. The molecule has 0 spiro atoms. The first-order chi connectivity index (χ1) is 11.7. The van der Waals surface area contributed by atoms with Crippen molar-refractivity contribution in [1.29, 1.82) is 0 Å². The summed E-state index contributed by atoms with van der Waals surface area (Å²) in [5.74, 6) is -1.48. The van der Waals surface area contributed by atoms with E-state index in [9.17, 15) is 10.2 Å². The quantitative estimate of drug-likeness (QED) is 0.584. The summed E-state index contributed by atoms with van der Waals surface area (Å²) in [4.78, 5) is 0. The van der Waals surface area contributed by atoms with Crippen molar-refractivity contribution in [3.8, 4) is 0 Å². The SMILES string of the molecule is CC1(C)O[C@@H]2[C@H](O1)[C@H](N[C@@H]1O[C@H](CO)[C@H]3OC(C)(C)O[C@H]31)O[C@H]2CO. The molecule has 4 fully saturated rings. The van der Waals surface area contributed by atoms with Crippen LogP contribution >= 0.6 is 0 Å². The molecular weight excluding hydrogens is 334 g/mol. The Bertz CT molecular complexity index is 470. The average molecular weight is 361 g/mol. The second kappa shape index (κ2) is 6.08. The lowest BCUT2D eigenvalue weighted by Gasteiger charge is -2.28. The number of rotatable bonds is 4. The predicted octanol–water partition coefficient (Wildman–Crippen LogP) is -0.949. The van der Waals surface area contributed by atoms with Gasteiger partial charge in [0.2, 0.25) is 0 Å². The molecule has 8 atom stereocenters. The molecule has 0 bridgehead atoms. The fraction of sp³-hybridized carbons (Fsp3) is 1.00. The molecule has 0 aliphatic carbocycles. The van der Waals surface area contributed by atoms with Gasteiger partial charge in [-0.15, -0.1) is 0 Å². The third kappa shape index (κ3) is 3.11. The van der Waals surface area contributed by atoms with Crippen LogP contribution < -0.4 is 5.32 Å². The summed E-state index contributed by atoms with van der Waals surface area (Å²) in [6, 6.07) is 0. The van der Waals surface area contributed by atoms with E-state index in [0.717, 1.165) is 0 Å². The molecule has 9 heteroatoms. The van der Waals surface area contributed by atoms with Crippen LogP contribution in [0.3, 0.4) is 0 Å². The van der Waals surface area contributed by atoms with Crippen molar-refractivity contribution in [3.63, 3.8) is 0 Å². The second-order valence-corrected chi connectivity index (χ2v) is 7.85. The Kier molecular flexibility index (Phi) is 4.38. The molecule has 4 aliphatic rings. The molecule has 144 valence electrons. The first-order valence-electron chi connectivity index (χ1n) is 8.73. The van der Waals surface area contributed by atoms with E-state index in [1.165, 1.54) is 0 Å². The number of aliphatic hydroxyl groups excluding tert-OH is 2. The van der Waals surface area contributed by atoms with Crippen molar-refractivity contribution in [2.45, 2.75) is 88.3 Å². The molecular formula is C16H27NO8. The van der Waals surface area contributed by atoms with Crippen LogP contribution in [-0.4, -0.2) is 84.1 Å². The van der Waals surface area contributed by atoms with Crippen molar-refractivity contribution < 1.29 is 38.6 Å². The van der Waals surface area contributed by atoms with Gasteiger partial charge in [0.25, 0.3) is 0 Å². The fourth-order valence-corrected chi connectivity index (χ4v) is 4.09. The molecule has 9 nitrogen and oxygen atoms in total. The Morgan fingerprint density at radius 1 is 0.680 bits per heavy atom. The monoisotopic (exact) mass is 361 g/mol. The lowest BCUT2D eigenvalue weighted by Crippen LogP contribution is -2.50. The van der Waals surface area contributed by atoms with E-state index < -0.39 is 36.2 Å². The van der Waals surface area contributed by atoms with Gasteiger partial charge in [-0.25, -0.2) is 0 Å². The minimum atomic E-state index is -0.742. The summed E-state index contributed by atoms with van der Waals surface area (Å²) in [7, 11) is 0. The van der Waals surface area contributed by atoms with Crippen molar-refractivity contribution >= 4 is 0 Å². The van der Waals surface area contributed by atoms with Crippen molar-refractivity contribution in [3.05, 3.63) is 0 Å². The molecule has 4 rings (SSSR count). The minimum absolute atomic E-state index is 0.164. The number of hydrogen-bond donors (Lipinski definition) is 3. The lowest BCUT2D eigenvalue weighted by molar-refractivity contribution is -0.212. The Hall–Kier alpha value is -0.360. The lowest BCUT2D eigenvalue weighted by atomic mass is 10.1. The molecule has 0 aromatic heterocycles. The maximum Gasteiger partial charge on any atom is 0.164 e. The van der Waals surface area contributed by atoms with Gasteiger partial charge < -0.3 is 38.6 Å². The van der Waals surface area contributed by atoms with Gasteiger partial charge in [0.1, 0.15) is 49.1 Å². The molecule has 4 aliphatic heterocycles. The minimum Gasteiger partial charge on any atom is -0.394 e. The molecule has 0 radical (unpaired) electrons. The fourth-order valence-electron chi connectivity index (χ4n) is 4.09. The van der Waals surface area contributed by atoms with Crippen LogP contribution in [0.1, 0.15) is 27.7 Å². The zero-order chi connectivity index (χ0) is 18.0. The predicted molar refractivity (Wildman–Crippen MR) is 82.3 cm³/mol. The molecule has 25 heavy (non-hydrogen) atoms. The van der Waals surface area contributed by atoms with Crippen LogP contribution in [-0.2, 0) is 28.4 Å². The smallest absolute Gasteiger partial charge is 0.164 e. The molecule has 3 N–H and O–H groups in total. The highest BCUT2D eigenvalue weighted by molar-refractivity contribution is 5.01. The van der Waals surface area contributed by atoms with Crippen LogP contribution in [0.5, 0.6) is 0 Å². The van der Waals surface area contributed by atoms with Gasteiger partial charge in [0.05, 0.1) is 13.2 Å². The Morgan fingerprint density at radius 2 is 1.04 bits per heavy atom. The summed E-state index contributed by atoms with van der Waals surface area (Å²) in [5, 5.41) is 22.4. The highest BCUT2D eigenvalue weighted by atomic mass is 16.8. The van der Waals surface area contributed by atoms with Crippen LogP contribution in [0.2, 0.25) is 0 Å². The van der Waals surface area contributed by atoms with Gasteiger partial charge in [0.15, 0.2) is 11.6 Å². The largest absolute Gasteiger partial charge is 0.394 e. The summed E-state index contributed by atoms with van der Waals surface area (Å²) in [5.41, 5.74) is 0. The first-order valence-corrected chi connectivity index (χ1v) is 8.73. The Morgan fingerprint density at radius 3 is 1.40 bits per heavy atom. The summed E-state index contributed by atoms with van der Waals surface area (Å²) in [6.07, 6.45) is -3.49. The van der Waals surface area contributed by atoms with Gasteiger partial charge >= 0.3 is 0 Å². The summed E-state index contributed by atoms with van der Waals surface area (Å²) < 4.78 is 35.3. The number of fused-ring (bicyclic) bond motifs is 2. The zero-order valence-corrected chi connectivity index (χ0v) is 14.9. The van der Waals surface area contributed by atoms with Gasteiger partial charge in [-0.1, -0.05) is 0 Å². The highest BCUT2D eigenvalue weighted by Gasteiger charge is 2.59. The molecule has 0 unspecified atom stereocenters. The Balaban J connectivity index is 1.48. The maximum atomic E-state index is 9.56. The molecule has 0 aromatic rings. The molecule has 0 aromatic carbocycles. The molecule has 4 saturated heterocycles. The van der Waals surface area contributed by atoms with Crippen molar-refractivity contribution in [2.75, 3.05) is 13.2 Å². The Labute approximate surface area is 146 Å². The third-order valence-corrected chi connectivity index (χ3v) is 4.99. The van der Waals surface area contributed by atoms with Crippen LogP contribution in [0, 0.1) is 0 Å². The van der Waals surface area contributed by atoms with Crippen molar-refractivity contribution in [1.82, 2.24) is 5.32 Å². The van der Waals surface area contributed by atoms with E-state index in [0.29, 0.717) is 0 Å². The van der Waals surface area contributed by atoms with Crippen LogP contribution in [0.15, 0.2) is 0 Å². The van der Waals surface area contributed by atoms with E-state index in [1.54, 1.807) is 0 Å². The number of aliphatic hydroxyl groups is 2. The third-order valence-electron chi connectivity index (χ3n) is 4.99. The molecule has 0 saturated carbocycles. The second-order valence-electron chi connectivity index (χ2n) is 7.85. The molecule has 0 amide bonds. The highest BCUT2D eigenvalue weighted by Crippen LogP contribution is 2.41. The first kappa shape index (κ1) is 18.0. The van der Waals surface area contributed by atoms with Gasteiger partial charge in [0, 0.05) is 0 Å².